The van der Waals surface area contributed by atoms with Crippen LogP contribution in [0.2, 0.25) is 10.0 Å². The molecule has 1 atom stereocenters. The maximum atomic E-state index is 13.3. The molecular weight excluding hydrogens is 445 g/mol. The largest absolute Gasteiger partial charge is 0.494 e. The maximum Gasteiger partial charge on any atom is 0.322 e. The molecule has 0 heterocycles. The normalized spacial score (nSPS) is 12.0. The van der Waals surface area contributed by atoms with Crippen LogP contribution in [-0.2, 0) is 6.54 Å². The van der Waals surface area contributed by atoms with Crippen molar-refractivity contribution in [2.75, 3.05) is 31.6 Å². The van der Waals surface area contributed by atoms with Crippen molar-refractivity contribution in [3.8, 4) is 5.75 Å². The summed E-state index contributed by atoms with van der Waals surface area (Å²) in [6.07, 6.45) is 1.94. The first-order valence-corrected chi connectivity index (χ1v) is 12.1. The van der Waals surface area contributed by atoms with Gasteiger partial charge in [0.15, 0.2) is 0 Å². The highest BCUT2D eigenvalue weighted by atomic mass is 35.5. The molecule has 5 nitrogen and oxygen atoms in total. The number of carbonyl (C=O) groups excluding carboxylic acids is 1. The molecule has 0 spiro atoms. The number of carbonyl (C=O) groups is 1. The molecule has 0 aliphatic carbocycles. The van der Waals surface area contributed by atoms with Gasteiger partial charge in [-0.1, -0.05) is 49.2 Å². The lowest BCUT2D eigenvalue weighted by Crippen LogP contribution is -2.41. The third-order valence-corrected chi connectivity index (χ3v) is 6.09. The number of rotatable bonds is 12. The van der Waals surface area contributed by atoms with Crippen molar-refractivity contribution in [3.05, 3.63) is 58.1 Å². The van der Waals surface area contributed by atoms with Crippen LogP contribution in [0.5, 0.6) is 5.75 Å². The summed E-state index contributed by atoms with van der Waals surface area (Å²) in [5, 5.41) is 3.90. The number of ether oxygens (including phenoxy) is 1. The van der Waals surface area contributed by atoms with E-state index in [9.17, 15) is 4.79 Å². The van der Waals surface area contributed by atoms with Crippen molar-refractivity contribution in [2.45, 2.75) is 53.1 Å². The van der Waals surface area contributed by atoms with Crippen LogP contribution in [0, 0.1) is 0 Å². The number of benzene rings is 2. The van der Waals surface area contributed by atoms with Gasteiger partial charge in [-0.3, -0.25) is 0 Å². The highest BCUT2D eigenvalue weighted by molar-refractivity contribution is 6.36. The molecule has 7 heteroatoms. The number of halogens is 2. The van der Waals surface area contributed by atoms with Gasteiger partial charge in [0.2, 0.25) is 0 Å². The molecule has 176 valence electrons. The van der Waals surface area contributed by atoms with E-state index in [0.29, 0.717) is 28.9 Å². The van der Waals surface area contributed by atoms with Gasteiger partial charge in [0.05, 0.1) is 17.3 Å². The minimum absolute atomic E-state index is 0.0585. The highest BCUT2D eigenvalue weighted by Crippen LogP contribution is 2.26. The molecule has 2 aromatic rings. The lowest BCUT2D eigenvalue weighted by atomic mass is 10.1. The van der Waals surface area contributed by atoms with E-state index in [2.05, 4.69) is 31.0 Å². The number of urea groups is 1. The van der Waals surface area contributed by atoms with Gasteiger partial charge in [0, 0.05) is 17.6 Å². The molecule has 2 aromatic carbocycles. The maximum absolute atomic E-state index is 13.3. The van der Waals surface area contributed by atoms with E-state index in [1.807, 2.05) is 36.1 Å². The summed E-state index contributed by atoms with van der Waals surface area (Å²) in [6.45, 7) is 12.6. The quantitative estimate of drug-likeness (QED) is 0.358. The van der Waals surface area contributed by atoms with Crippen molar-refractivity contribution in [3.63, 3.8) is 0 Å². The molecule has 0 aliphatic rings. The molecule has 0 aliphatic heterocycles. The second-order valence-electron chi connectivity index (χ2n) is 7.78. The Kier molecular flexibility index (Phi) is 11.1. The summed E-state index contributed by atoms with van der Waals surface area (Å²) >= 11 is 12.3. The summed E-state index contributed by atoms with van der Waals surface area (Å²) in [7, 11) is 0. The number of anilines is 1. The fraction of sp³-hybridized carbons (Fsp3) is 0.480. The van der Waals surface area contributed by atoms with Gasteiger partial charge in [-0.05, 0) is 82.2 Å². The lowest BCUT2D eigenvalue weighted by molar-refractivity contribution is 0.181. The average molecular weight is 480 g/mol. The Hall–Kier alpha value is -1.95. The topological polar surface area (TPSA) is 44.8 Å². The van der Waals surface area contributed by atoms with Crippen LogP contribution < -0.4 is 10.1 Å². The molecular formula is C25H35Cl2N3O2. The smallest absolute Gasteiger partial charge is 0.322 e. The van der Waals surface area contributed by atoms with Gasteiger partial charge < -0.3 is 19.9 Å². The molecule has 2 amide bonds. The molecule has 0 radical (unpaired) electrons. The molecule has 1 N–H and O–H groups in total. The Morgan fingerprint density at radius 3 is 2.34 bits per heavy atom. The second-order valence-corrected chi connectivity index (χ2v) is 8.62. The molecule has 0 bridgehead atoms. The molecule has 0 aromatic heterocycles. The minimum atomic E-state index is -0.182. The van der Waals surface area contributed by atoms with Gasteiger partial charge in [-0.25, -0.2) is 4.79 Å². The summed E-state index contributed by atoms with van der Waals surface area (Å²) in [4.78, 5) is 17.5. The molecule has 0 fully saturated rings. The number of hydrogen-bond donors (Lipinski definition) is 1. The fourth-order valence-corrected chi connectivity index (χ4v) is 4.02. The molecule has 0 saturated carbocycles. The van der Waals surface area contributed by atoms with Crippen LogP contribution >= 0.6 is 23.2 Å². The van der Waals surface area contributed by atoms with Crippen LogP contribution in [0.4, 0.5) is 10.5 Å². The Balaban J connectivity index is 2.13. The Labute approximate surface area is 202 Å². The zero-order chi connectivity index (χ0) is 23.5. The molecule has 1 unspecified atom stereocenters. The van der Waals surface area contributed by atoms with Crippen LogP contribution in [-0.4, -0.2) is 48.1 Å². The van der Waals surface area contributed by atoms with Gasteiger partial charge in [0.25, 0.3) is 0 Å². The van der Waals surface area contributed by atoms with Crippen molar-refractivity contribution in [1.29, 1.82) is 0 Å². The van der Waals surface area contributed by atoms with Crippen LogP contribution in [0.25, 0.3) is 0 Å². The number of nitrogens with one attached hydrogen (secondary N) is 1. The predicted molar refractivity (Wildman–Crippen MR) is 135 cm³/mol. The molecule has 0 saturated heterocycles. The van der Waals surface area contributed by atoms with E-state index in [-0.39, 0.29) is 12.1 Å². The van der Waals surface area contributed by atoms with Crippen molar-refractivity contribution >= 4 is 34.9 Å². The van der Waals surface area contributed by atoms with E-state index in [1.54, 1.807) is 18.2 Å². The first-order valence-electron chi connectivity index (χ1n) is 11.3. The van der Waals surface area contributed by atoms with Crippen LogP contribution in [0.1, 0.15) is 46.1 Å². The number of hydrogen-bond acceptors (Lipinski definition) is 3. The monoisotopic (exact) mass is 479 g/mol. The Bertz CT molecular complexity index is 842. The van der Waals surface area contributed by atoms with Gasteiger partial charge in [0.1, 0.15) is 5.75 Å². The van der Waals surface area contributed by atoms with Crippen LogP contribution in [0.3, 0.4) is 0 Å². The number of nitrogens with zero attached hydrogens (tertiary/aromatic N) is 2. The summed E-state index contributed by atoms with van der Waals surface area (Å²) in [5.41, 5.74) is 1.59. The highest BCUT2D eigenvalue weighted by Gasteiger charge is 2.21. The van der Waals surface area contributed by atoms with Gasteiger partial charge in [-0.2, -0.15) is 0 Å². The predicted octanol–water partition coefficient (Wildman–Crippen LogP) is 6.94. The average Bonchev–Trinajstić information content (AvgIpc) is 2.78. The van der Waals surface area contributed by atoms with Gasteiger partial charge in [-0.15, -0.1) is 0 Å². The van der Waals surface area contributed by atoms with E-state index in [4.69, 9.17) is 27.9 Å². The standard InChI is InChI=1S/C25H35Cl2N3O2/c1-5-29(6-2)16-8-9-19(4)30(18-20-10-13-22(14-11-20)32-7-3)25(31)28-24-15-12-21(26)17-23(24)27/h10-15,17,19H,5-9,16,18H2,1-4H3,(H,28,31). The van der Waals surface area contributed by atoms with Crippen LogP contribution in [0.15, 0.2) is 42.5 Å². The van der Waals surface area contributed by atoms with Crippen molar-refractivity contribution in [1.82, 2.24) is 9.80 Å². The third kappa shape index (κ3) is 8.19. The molecule has 2 rings (SSSR count). The Morgan fingerprint density at radius 1 is 1.06 bits per heavy atom. The first kappa shape index (κ1) is 26.3. The van der Waals surface area contributed by atoms with E-state index in [0.717, 1.165) is 43.8 Å². The zero-order valence-electron chi connectivity index (χ0n) is 19.5. The second kappa shape index (κ2) is 13.6. The third-order valence-electron chi connectivity index (χ3n) is 5.54. The van der Waals surface area contributed by atoms with E-state index in [1.165, 1.54) is 0 Å². The minimum Gasteiger partial charge on any atom is -0.494 e. The molecule has 32 heavy (non-hydrogen) atoms. The van der Waals surface area contributed by atoms with Crippen molar-refractivity contribution in [2.24, 2.45) is 0 Å². The lowest BCUT2D eigenvalue weighted by Gasteiger charge is -2.30. The fourth-order valence-electron chi connectivity index (χ4n) is 3.57. The zero-order valence-corrected chi connectivity index (χ0v) is 21.0. The first-order chi connectivity index (χ1) is 15.4. The number of amides is 2. The summed E-state index contributed by atoms with van der Waals surface area (Å²) in [5.74, 6) is 0.826. The van der Waals surface area contributed by atoms with Crippen molar-refractivity contribution < 1.29 is 9.53 Å². The van der Waals surface area contributed by atoms with Gasteiger partial charge >= 0.3 is 6.03 Å². The van der Waals surface area contributed by atoms with E-state index >= 15 is 0 Å². The van der Waals surface area contributed by atoms with E-state index < -0.39 is 0 Å². The summed E-state index contributed by atoms with van der Waals surface area (Å²) < 4.78 is 5.54. The summed E-state index contributed by atoms with van der Waals surface area (Å²) in [6, 6.07) is 12.8. The SMILES string of the molecule is CCOc1ccc(CN(C(=O)Nc2ccc(Cl)cc2Cl)C(C)CCCN(CC)CC)cc1. The Morgan fingerprint density at radius 2 is 1.75 bits per heavy atom.